The number of carboxylic acids is 1. The second kappa shape index (κ2) is 9.94. The predicted octanol–water partition coefficient (Wildman–Crippen LogP) is 4.23. The van der Waals surface area contributed by atoms with Crippen LogP contribution in [0, 0.1) is 11.8 Å². The minimum atomic E-state index is -0.846. The Bertz CT molecular complexity index is 1110. The molecule has 1 fully saturated rings. The first-order valence-corrected chi connectivity index (χ1v) is 12.3. The molecule has 2 aromatic rings. The summed E-state index contributed by atoms with van der Waals surface area (Å²) < 4.78 is 5.66. The highest BCUT2D eigenvalue weighted by atomic mass is 16.5. The molecule has 0 bridgehead atoms. The summed E-state index contributed by atoms with van der Waals surface area (Å²) in [6.07, 6.45) is 6.08. The van der Waals surface area contributed by atoms with Gasteiger partial charge in [-0.3, -0.25) is 9.59 Å². The third-order valence-corrected chi connectivity index (χ3v) is 7.27. The van der Waals surface area contributed by atoms with Crippen LogP contribution in [0.3, 0.4) is 0 Å². The van der Waals surface area contributed by atoms with Crippen LogP contribution < -0.4 is 10.6 Å². The number of amides is 2. The second-order valence-corrected chi connectivity index (χ2v) is 9.73. The molecule has 7 nitrogen and oxygen atoms in total. The highest BCUT2D eigenvalue weighted by Gasteiger charge is 2.35. The summed E-state index contributed by atoms with van der Waals surface area (Å²) in [5.74, 6) is -1.28. The van der Waals surface area contributed by atoms with Gasteiger partial charge in [0.25, 0.3) is 0 Å². The SMILES string of the molecule is O=C(CC(NC(=O)OCC1c2ccccc2-c2ccccc21)C1CC1)NC1C=CCC(C(=O)O)C1. The van der Waals surface area contributed by atoms with Crippen LogP contribution >= 0.6 is 0 Å². The smallest absolute Gasteiger partial charge is 0.407 e. The number of alkyl carbamates (subject to hydrolysis) is 1. The van der Waals surface area contributed by atoms with Crippen molar-refractivity contribution in [1.29, 1.82) is 0 Å². The molecular weight excluding hydrogens is 444 g/mol. The highest BCUT2D eigenvalue weighted by Crippen LogP contribution is 2.44. The standard InChI is InChI=1S/C28H30N2O5/c31-26(29-19-7-5-6-18(14-19)27(32)33)15-25(17-12-13-17)30-28(34)35-16-24-22-10-3-1-8-20(22)21-9-2-4-11-23(21)24/h1-5,7-11,17-19,24-25H,6,12-16H2,(H,29,31)(H,30,34)(H,32,33). The summed E-state index contributed by atoms with van der Waals surface area (Å²) in [5.41, 5.74) is 4.65. The van der Waals surface area contributed by atoms with E-state index in [9.17, 15) is 19.5 Å². The maximum absolute atomic E-state index is 12.7. The Morgan fingerprint density at radius 3 is 2.29 bits per heavy atom. The van der Waals surface area contributed by atoms with Crippen molar-refractivity contribution in [3.63, 3.8) is 0 Å². The molecule has 3 unspecified atom stereocenters. The van der Waals surface area contributed by atoms with Crippen LogP contribution in [0.4, 0.5) is 4.79 Å². The monoisotopic (exact) mass is 474 g/mol. The maximum atomic E-state index is 12.7. The molecule has 3 atom stereocenters. The number of nitrogens with one attached hydrogen (secondary N) is 2. The summed E-state index contributed by atoms with van der Waals surface area (Å²) in [7, 11) is 0. The van der Waals surface area contributed by atoms with Gasteiger partial charge in [0.15, 0.2) is 0 Å². The predicted molar refractivity (Wildman–Crippen MR) is 131 cm³/mol. The Morgan fingerprint density at radius 2 is 1.66 bits per heavy atom. The third kappa shape index (κ3) is 5.24. The first kappa shape index (κ1) is 23.1. The van der Waals surface area contributed by atoms with E-state index in [1.165, 1.54) is 11.1 Å². The zero-order chi connectivity index (χ0) is 24.4. The summed E-state index contributed by atoms with van der Waals surface area (Å²) in [6.45, 7) is 0.229. The molecule has 0 saturated heterocycles. The normalized spacial score (nSPS) is 21.5. The zero-order valence-corrected chi connectivity index (χ0v) is 19.5. The Balaban J connectivity index is 1.16. The molecule has 3 aliphatic carbocycles. The van der Waals surface area contributed by atoms with Gasteiger partial charge in [-0.15, -0.1) is 0 Å². The molecule has 2 amide bonds. The van der Waals surface area contributed by atoms with Gasteiger partial charge in [0.1, 0.15) is 6.61 Å². The van der Waals surface area contributed by atoms with Gasteiger partial charge in [-0.05, 0) is 53.9 Å². The topological polar surface area (TPSA) is 105 Å². The van der Waals surface area contributed by atoms with Crippen molar-refractivity contribution in [3.8, 4) is 11.1 Å². The fourth-order valence-electron chi connectivity index (χ4n) is 5.29. The summed E-state index contributed by atoms with van der Waals surface area (Å²) >= 11 is 0. The Hall–Kier alpha value is -3.61. The molecule has 3 aliphatic rings. The highest BCUT2D eigenvalue weighted by molar-refractivity contribution is 5.80. The molecule has 35 heavy (non-hydrogen) atoms. The maximum Gasteiger partial charge on any atom is 0.407 e. The number of carboxylic acid groups (broad SMARTS) is 1. The van der Waals surface area contributed by atoms with E-state index in [1.54, 1.807) is 6.08 Å². The number of fused-ring (bicyclic) bond motifs is 3. The van der Waals surface area contributed by atoms with Crippen molar-refractivity contribution in [1.82, 2.24) is 10.6 Å². The van der Waals surface area contributed by atoms with Crippen LogP contribution in [-0.4, -0.2) is 41.8 Å². The number of carbonyl (C=O) groups excluding carboxylic acids is 2. The van der Waals surface area contributed by atoms with E-state index < -0.39 is 18.0 Å². The molecule has 3 N–H and O–H groups in total. The fourth-order valence-corrected chi connectivity index (χ4v) is 5.29. The molecule has 0 spiro atoms. The van der Waals surface area contributed by atoms with Crippen molar-refractivity contribution in [3.05, 3.63) is 71.8 Å². The first-order chi connectivity index (χ1) is 17.0. The van der Waals surface area contributed by atoms with E-state index in [0.29, 0.717) is 12.8 Å². The largest absolute Gasteiger partial charge is 0.481 e. The number of allylic oxidation sites excluding steroid dienone is 1. The number of hydrogen-bond donors (Lipinski definition) is 3. The average molecular weight is 475 g/mol. The summed E-state index contributed by atoms with van der Waals surface area (Å²) in [4.78, 5) is 36.7. The third-order valence-electron chi connectivity index (χ3n) is 7.27. The van der Waals surface area contributed by atoms with Crippen LogP contribution in [0.2, 0.25) is 0 Å². The van der Waals surface area contributed by atoms with E-state index in [4.69, 9.17) is 4.74 Å². The van der Waals surface area contributed by atoms with E-state index >= 15 is 0 Å². The van der Waals surface area contributed by atoms with Gasteiger partial charge < -0.3 is 20.5 Å². The van der Waals surface area contributed by atoms with Crippen LogP contribution in [0.1, 0.15) is 49.1 Å². The second-order valence-electron chi connectivity index (χ2n) is 9.73. The molecule has 5 rings (SSSR count). The molecule has 182 valence electrons. The molecule has 2 aromatic carbocycles. The van der Waals surface area contributed by atoms with Gasteiger partial charge in [-0.25, -0.2) is 4.79 Å². The number of ether oxygens (including phenoxy) is 1. The van der Waals surface area contributed by atoms with Crippen molar-refractivity contribution < 1.29 is 24.2 Å². The van der Waals surface area contributed by atoms with Crippen LogP contribution in [-0.2, 0) is 14.3 Å². The van der Waals surface area contributed by atoms with E-state index in [1.807, 2.05) is 30.3 Å². The van der Waals surface area contributed by atoms with Crippen LogP contribution in [0.15, 0.2) is 60.7 Å². The fraction of sp³-hybridized carbons (Fsp3) is 0.393. The van der Waals surface area contributed by atoms with Crippen molar-refractivity contribution in [2.75, 3.05) is 6.61 Å². The number of benzene rings is 2. The Morgan fingerprint density at radius 1 is 1.00 bits per heavy atom. The lowest BCUT2D eigenvalue weighted by atomic mass is 9.91. The van der Waals surface area contributed by atoms with Crippen molar-refractivity contribution in [2.45, 2.75) is 50.1 Å². The van der Waals surface area contributed by atoms with Gasteiger partial charge in [0.05, 0.1) is 5.92 Å². The first-order valence-electron chi connectivity index (χ1n) is 12.3. The number of hydrogen-bond acceptors (Lipinski definition) is 4. The van der Waals surface area contributed by atoms with Gasteiger partial charge in [0, 0.05) is 24.4 Å². The van der Waals surface area contributed by atoms with E-state index in [0.717, 1.165) is 24.0 Å². The summed E-state index contributed by atoms with van der Waals surface area (Å²) in [6, 6.07) is 15.8. The number of aliphatic carboxylic acids is 1. The lowest BCUT2D eigenvalue weighted by Crippen LogP contribution is -2.44. The summed E-state index contributed by atoms with van der Waals surface area (Å²) in [5, 5.41) is 15.1. The molecule has 7 heteroatoms. The lowest BCUT2D eigenvalue weighted by molar-refractivity contribution is -0.142. The molecule has 0 aromatic heterocycles. The molecular formula is C28H30N2O5. The van der Waals surface area contributed by atoms with E-state index in [-0.39, 0.29) is 42.9 Å². The molecule has 0 aliphatic heterocycles. The van der Waals surface area contributed by atoms with Gasteiger partial charge in [0.2, 0.25) is 5.91 Å². The van der Waals surface area contributed by atoms with Gasteiger partial charge in [-0.1, -0.05) is 60.7 Å². The minimum Gasteiger partial charge on any atom is -0.481 e. The Labute approximate surface area is 204 Å². The van der Waals surface area contributed by atoms with Gasteiger partial charge >= 0.3 is 12.1 Å². The van der Waals surface area contributed by atoms with Crippen molar-refractivity contribution >= 4 is 18.0 Å². The van der Waals surface area contributed by atoms with Gasteiger partial charge in [-0.2, -0.15) is 0 Å². The number of carbonyl (C=O) groups is 3. The Kier molecular flexibility index (Phi) is 6.57. The zero-order valence-electron chi connectivity index (χ0n) is 19.5. The number of rotatable bonds is 8. The molecule has 0 radical (unpaired) electrons. The van der Waals surface area contributed by atoms with E-state index in [2.05, 4.69) is 34.9 Å². The van der Waals surface area contributed by atoms with Crippen molar-refractivity contribution in [2.24, 2.45) is 11.8 Å². The molecule has 0 heterocycles. The van der Waals surface area contributed by atoms with Crippen LogP contribution in [0.25, 0.3) is 11.1 Å². The quantitative estimate of drug-likeness (QED) is 0.497. The molecule has 1 saturated carbocycles. The van der Waals surface area contributed by atoms with Crippen LogP contribution in [0.5, 0.6) is 0 Å². The lowest BCUT2D eigenvalue weighted by Gasteiger charge is -2.24. The average Bonchev–Trinajstić information content (AvgIpc) is 3.65. The minimum absolute atomic E-state index is 0.0175.